The van der Waals surface area contributed by atoms with E-state index in [9.17, 15) is 9.59 Å². The van der Waals surface area contributed by atoms with Crippen molar-refractivity contribution in [3.05, 3.63) is 35.9 Å². The Balaban J connectivity index is 1.45. The highest BCUT2D eigenvalue weighted by atomic mass is 16.2. The average Bonchev–Trinajstić information content (AvgIpc) is 3.28. The van der Waals surface area contributed by atoms with Gasteiger partial charge in [-0.1, -0.05) is 13.0 Å². The molecule has 0 saturated carbocycles. The molecule has 3 rings (SSSR count). The second-order valence-electron chi connectivity index (χ2n) is 9.01. The van der Waals surface area contributed by atoms with E-state index in [1.807, 2.05) is 19.1 Å². The van der Waals surface area contributed by atoms with E-state index < -0.39 is 0 Å². The minimum absolute atomic E-state index is 0.0234. The van der Waals surface area contributed by atoms with Crippen LogP contribution in [0.5, 0.6) is 0 Å². The minimum atomic E-state index is -0.111. The van der Waals surface area contributed by atoms with Gasteiger partial charge in [0.1, 0.15) is 0 Å². The van der Waals surface area contributed by atoms with Crippen molar-refractivity contribution < 1.29 is 9.59 Å². The molecule has 1 heterocycles. The molecule has 1 aromatic rings. The summed E-state index contributed by atoms with van der Waals surface area (Å²) < 4.78 is 0. The number of carbonyl (C=O) groups is 2. The number of benzene rings is 1. The third-order valence-electron chi connectivity index (χ3n) is 6.62. The van der Waals surface area contributed by atoms with Crippen molar-refractivity contribution in [3.8, 4) is 0 Å². The molecule has 0 radical (unpaired) electrons. The van der Waals surface area contributed by atoms with Gasteiger partial charge in [-0.25, -0.2) is 0 Å². The Morgan fingerprint density at radius 3 is 2.58 bits per heavy atom. The van der Waals surface area contributed by atoms with Crippen molar-refractivity contribution in [3.63, 3.8) is 0 Å². The van der Waals surface area contributed by atoms with Crippen LogP contribution in [0.15, 0.2) is 35.9 Å². The molecule has 2 atom stereocenters. The van der Waals surface area contributed by atoms with Gasteiger partial charge in [-0.05, 0) is 83.3 Å². The average molecular weight is 427 g/mol. The van der Waals surface area contributed by atoms with Crippen LogP contribution in [-0.4, -0.2) is 56.5 Å². The van der Waals surface area contributed by atoms with Crippen molar-refractivity contribution in [1.29, 1.82) is 0 Å². The SMILES string of the molecule is CCC(CCNC(=O)C1=CCCCC1)C(=O)Nc1ccc(N2CCC(N(C)C)C2)cc1. The van der Waals surface area contributed by atoms with Crippen molar-refractivity contribution in [1.82, 2.24) is 10.2 Å². The maximum atomic E-state index is 12.7. The maximum Gasteiger partial charge on any atom is 0.246 e. The van der Waals surface area contributed by atoms with E-state index in [4.69, 9.17) is 0 Å². The molecule has 0 aromatic heterocycles. The monoisotopic (exact) mass is 426 g/mol. The molecular formula is C25H38N4O2. The van der Waals surface area contributed by atoms with Crippen LogP contribution in [0.2, 0.25) is 0 Å². The molecule has 0 spiro atoms. The lowest BCUT2D eigenvalue weighted by Crippen LogP contribution is -2.31. The van der Waals surface area contributed by atoms with Gasteiger partial charge >= 0.3 is 0 Å². The molecule has 6 heteroatoms. The van der Waals surface area contributed by atoms with E-state index in [1.165, 1.54) is 18.5 Å². The van der Waals surface area contributed by atoms with Crippen LogP contribution in [0.3, 0.4) is 0 Å². The van der Waals surface area contributed by atoms with Gasteiger partial charge in [0, 0.05) is 48.5 Å². The molecule has 1 aromatic carbocycles. The van der Waals surface area contributed by atoms with E-state index in [2.05, 4.69) is 52.7 Å². The fourth-order valence-electron chi connectivity index (χ4n) is 4.44. The Kier molecular flexibility index (Phi) is 8.52. The Morgan fingerprint density at radius 1 is 1.19 bits per heavy atom. The number of hydrogen-bond donors (Lipinski definition) is 2. The predicted molar refractivity (Wildman–Crippen MR) is 127 cm³/mol. The Hall–Kier alpha value is -2.34. The van der Waals surface area contributed by atoms with Gasteiger partial charge < -0.3 is 20.4 Å². The predicted octanol–water partition coefficient (Wildman–Crippen LogP) is 3.80. The Labute approximate surface area is 187 Å². The molecule has 1 aliphatic heterocycles. The van der Waals surface area contributed by atoms with Gasteiger partial charge in [-0.15, -0.1) is 0 Å². The lowest BCUT2D eigenvalue weighted by molar-refractivity contribution is -0.121. The number of amides is 2. The number of likely N-dealkylation sites (N-methyl/N-ethyl adjacent to an activating group) is 1. The van der Waals surface area contributed by atoms with Gasteiger partial charge in [0.2, 0.25) is 11.8 Å². The summed E-state index contributed by atoms with van der Waals surface area (Å²) in [5.74, 6) is -0.0565. The lowest BCUT2D eigenvalue weighted by atomic mass is 9.98. The summed E-state index contributed by atoms with van der Waals surface area (Å²) in [6.45, 7) is 4.66. The van der Waals surface area contributed by atoms with Crippen molar-refractivity contribution in [2.24, 2.45) is 5.92 Å². The van der Waals surface area contributed by atoms with Gasteiger partial charge in [0.15, 0.2) is 0 Å². The summed E-state index contributed by atoms with van der Waals surface area (Å²) in [4.78, 5) is 29.7. The normalized spacial score (nSPS) is 19.8. The summed E-state index contributed by atoms with van der Waals surface area (Å²) in [6.07, 6.45) is 8.76. The molecule has 0 bridgehead atoms. The van der Waals surface area contributed by atoms with E-state index in [0.29, 0.717) is 19.0 Å². The highest BCUT2D eigenvalue weighted by Crippen LogP contribution is 2.24. The molecule has 1 aliphatic carbocycles. The van der Waals surface area contributed by atoms with Crippen molar-refractivity contribution >= 4 is 23.2 Å². The molecule has 1 fully saturated rings. The number of anilines is 2. The van der Waals surface area contributed by atoms with Gasteiger partial charge in [0.25, 0.3) is 0 Å². The lowest BCUT2D eigenvalue weighted by Gasteiger charge is -2.22. The van der Waals surface area contributed by atoms with Crippen LogP contribution in [0, 0.1) is 5.92 Å². The van der Waals surface area contributed by atoms with Crippen LogP contribution in [0.1, 0.15) is 51.9 Å². The number of nitrogens with one attached hydrogen (secondary N) is 2. The standard InChI is InChI=1S/C25H38N4O2/c1-4-19(14-16-26-24(30)20-8-6-5-7-9-20)25(31)27-21-10-12-22(13-11-21)29-17-15-23(18-29)28(2)3/h8,10-13,19,23H,4-7,9,14-18H2,1-3H3,(H,26,30)(H,27,31). The summed E-state index contributed by atoms with van der Waals surface area (Å²) in [7, 11) is 4.27. The molecular weight excluding hydrogens is 388 g/mol. The fraction of sp³-hybridized carbons (Fsp3) is 0.600. The fourth-order valence-corrected chi connectivity index (χ4v) is 4.44. The van der Waals surface area contributed by atoms with Crippen LogP contribution in [-0.2, 0) is 9.59 Å². The van der Waals surface area contributed by atoms with Crippen LogP contribution in [0.4, 0.5) is 11.4 Å². The van der Waals surface area contributed by atoms with E-state index in [-0.39, 0.29) is 17.7 Å². The number of allylic oxidation sites excluding steroid dienone is 1. The summed E-state index contributed by atoms with van der Waals surface area (Å²) in [5.41, 5.74) is 2.93. The van der Waals surface area contributed by atoms with E-state index in [0.717, 1.165) is 50.0 Å². The second-order valence-corrected chi connectivity index (χ2v) is 9.01. The molecule has 1 saturated heterocycles. The quantitative estimate of drug-likeness (QED) is 0.630. The zero-order chi connectivity index (χ0) is 22.2. The van der Waals surface area contributed by atoms with E-state index in [1.54, 1.807) is 0 Å². The first-order valence-corrected chi connectivity index (χ1v) is 11.8. The Bertz CT molecular complexity index is 772. The summed E-state index contributed by atoms with van der Waals surface area (Å²) >= 11 is 0. The van der Waals surface area contributed by atoms with Gasteiger partial charge in [0.05, 0.1) is 0 Å². The topological polar surface area (TPSA) is 64.7 Å². The Morgan fingerprint density at radius 2 is 1.97 bits per heavy atom. The zero-order valence-corrected chi connectivity index (χ0v) is 19.3. The first-order valence-electron chi connectivity index (χ1n) is 11.8. The van der Waals surface area contributed by atoms with Crippen LogP contribution >= 0.6 is 0 Å². The molecule has 2 aliphatic rings. The summed E-state index contributed by atoms with van der Waals surface area (Å²) in [6, 6.07) is 8.75. The first-order chi connectivity index (χ1) is 15.0. The molecule has 170 valence electrons. The number of nitrogens with zero attached hydrogens (tertiary/aromatic N) is 2. The summed E-state index contributed by atoms with van der Waals surface area (Å²) in [5, 5.41) is 6.04. The molecule has 2 amide bonds. The highest BCUT2D eigenvalue weighted by molar-refractivity contribution is 5.94. The zero-order valence-electron chi connectivity index (χ0n) is 19.3. The number of carbonyl (C=O) groups excluding carboxylic acids is 2. The second kappa shape index (κ2) is 11.3. The molecule has 31 heavy (non-hydrogen) atoms. The van der Waals surface area contributed by atoms with Gasteiger partial charge in [-0.3, -0.25) is 9.59 Å². The molecule has 6 nitrogen and oxygen atoms in total. The van der Waals surface area contributed by atoms with Crippen molar-refractivity contribution in [2.45, 2.75) is 57.9 Å². The molecule has 2 N–H and O–H groups in total. The smallest absolute Gasteiger partial charge is 0.246 e. The molecule has 2 unspecified atom stereocenters. The third kappa shape index (κ3) is 6.57. The van der Waals surface area contributed by atoms with Crippen LogP contribution in [0.25, 0.3) is 0 Å². The number of hydrogen-bond acceptors (Lipinski definition) is 4. The maximum absolute atomic E-state index is 12.7. The van der Waals surface area contributed by atoms with Gasteiger partial charge in [-0.2, -0.15) is 0 Å². The van der Waals surface area contributed by atoms with E-state index >= 15 is 0 Å². The number of rotatable bonds is 9. The minimum Gasteiger partial charge on any atom is -0.370 e. The third-order valence-corrected chi connectivity index (χ3v) is 6.62. The highest BCUT2D eigenvalue weighted by Gasteiger charge is 2.24. The first kappa shape index (κ1) is 23.3. The largest absolute Gasteiger partial charge is 0.370 e. The van der Waals surface area contributed by atoms with Crippen LogP contribution < -0.4 is 15.5 Å². The van der Waals surface area contributed by atoms with Crippen molar-refractivity contribution in [2.75, 3.05) is 43.9 Å².